The summed E-state index contributed by atoms with van der Waals surface area (Å²) in [6.07, 6.45) is 1.62. The Morgan fingerprint density at radius 3 is 2.60 bits per heavy atom. The van der Waals surface area contributed by atoms with Gasteiger partial charge in [0.15, 0.2) is 0 Å². The lowest BCUT2D eigenvalue weighted by Gasteiger charge is -2.02. The highest BCUT2D eigenvalue weighted by atomic mass is 16.5. The van der Waals surface area contributed by atoms with Gasteiger partial charge in [-0.25, -0.2) is 5.43 Å². The van der Waals surface area contributed by atoms with Crippen LogP contribution in [0, 0.1) is 6.92 Å². The van der Waals surface area contributed by atoms with Gasteiger partial charge in [0, 0.05) is 5.56 Å². The maximum Gasteiger partial charge on any atom is 0.271 e. The summed E-state index contributed by atoms with van der Waals surface area (Å²) in [5.74, 6) is 0.460. The Morgan fingerprint density at radius 1 is 1.20 bits per heavy atom. The summed E-state index contributed by atoms with van der Waals surface area (Å²) >= 11 is 0. The van der Waals surface area contributed by atoms with Crippen LogP contribution < -0.4 is 10.2 Å². The molecule has 2 aromatic carbocycles. The monoisotopic (exact) mass is 268 g/mol. The molecule has 1 amide bonds. The second-order valence-electron chi connectivity index (χ2n) is 4.34. The highest BCUT2D eigenvalue weighted by molar-refractivity contribution is 5.95. The van der Waals surface area contributed by atoms with Crippen LogP contribution in [0.25, 0.3) is 0 Å². The molecule has 4 heteroatoms. The number of hydrogen-bond acceptors (Lipinski definition) is 3. The summed E-state index contributed by atoms with van der Waals surface area (Å²) < 4.78 is 5.04. The summed E-state index contributed by atoms with van der Waals surface area (Å²) in [5, 5.41) is 3.95. The maximum atomic E-state index is 11.8. The van der Waals surface area contributed by atoms with Gasteiger partial charge in [-0.05, 0) is 36.8 Å². The molecule has 0 atom stereocenters. The van der Waals surface area contributed by atoms with Crippen molar-refractivity contribution in [2.24, 2.45) is 5.10 Å². The molecule has 0 saturated heterocycles. The van der Waals surface area contributed by atoms with Crippen molar-refractivity contribution in [2.75, 3.05) is 7.11 Å². The van der Waals surface area contributed by atoms with E-state index in [-0.39, 0.29) is 5.91 Å². The lowest BCUT2D eigenvalue weighted by Crippen LogP contribution is -2.17. The van der Waals surface area contributed by atoms with Crippen LogP contribution in [-0.4, -0.2) is 19.2 Å². The molecule has 0 bridgehead atoms. The third kappa shape index (κ3) is 3.68. The Bertz CT molecular complexity index is 619. The van der Waals surface area contributed by atoms with E-state index in [9.17, 15) is 4.79 Å². The molecule has 0 fully saturated rings. The van der Waals surface area contributed by atoms with Crippen molar-refractivity contribution in [2.45, 2.75) is 6.92 Å². The fourth-order valence-electron chi connectivity index (χ4n) is 1.72. The smallest absolute Gasteiger partial charge is 0.271 e. The van der Waals surface area contributed by atoms with Crippen LogP contribution in [0.2, 0.25) is 0 Å². The number of hydrogen-bond donors (Lipinski definition) is 1. The molecule has 0 saturated carbocycles. The van der Waals surface area contributed by atoms with Crippen molar-refractivity contribution in [1.82, 2.24) is 5.43 Å². The number of amides is 1. The van der Waals surface area contributed by atoms with Crippen LogP contribution in [0.15, 0.2) is 53.6 Å². The van der Waals surface area contributed by atoms with E-state index in [1.807, 2.05) is 31.2 Å². The number of methoxy groups -OCH3 is 1. The van der Waals surface area contributed by atoms with Gasteiger partial charge in [0.1, 0.15) is 5.75 Å². The van der Waals surface area contributed by atoms with E-state index in [0.29, 0.717) is 11.3 Å². The van der Waals surface area contributed by atoms with Crippen molar-refractivity contribution in [3.63, 3.8) is 0 Å². The normalized spacial score (nSPS) is 10.5. The van der Waals surface area contributed by atoms with E-state index in [0.717, 1.165) is 11.1 Å². The molecule has 2 aromatic rings. The van der Waals surface area contributed by atoms with Gasteiger partial charge in [-0.2, -0.15) is 5.10 Å². The average molecular weight is 268 g/mol. The van der Waals surface area contributed by atoms with Crippen LogP contribution in [-0.2, 0) is 0 Å². The van der Waals surface area contributed by atoms with Crippen LogP contribution in [0.1, 0.15) is 21.5 Å². The second-order valence-corrected chi connectivity index (χ2v) is 4.34. The zero-order valence-electron chi connectivity index (χ0n) is 11.5. The molecule has 0 aliphatic rings. The third-order valence-electron chi connectivity index (χ3n) is 2.77. The number of rotatable bonds is 4. The zero-order chi connectivity index (χ0) is 14.4. The van der Waals surface area contributed by atoms with E-state index < -0.39 is 0 Å². The number of carbonyl (C=O) groups is 1. The molecule has 2 rings (SSSR count). The number of ether oxygens (including phenoxy) is 1. The van der Waals surface area contributed by atoms with Gasteiger partial charge in [0.25, 0.3) is 5.91 Å². The largest absolute Gasteiger partial charge is 0.497 e. The molecule has 20 heavy (non-hydrogen) atoms. The molecule has 0 spiro atoms. The molecular weight excluding hydrogens is 252 g/mol. The Labute approximate surface area is 118 Å². The predicted octanol–water partition coefficient (Wildman–Crippen LogP) is 2.77. The van der Waals surface area contributed by atoms with Crippen molar-refractivity contribution in [3.8, 4) is 5.75 Å². The SMILES string of the molecule is COc1ccc(C(=O)N/N=C/c2cccc(C)c2)cc1. The maximum absolute atomic E-state index is 11.8. The molecular formula is C16H16N2O2. The van der Waals surface area contributed by atoms with Gasteiger partial charge in [-0.3, -0.25) is 4.79 Å². The molecule has 102 valence electrons. The van der Waals surface area contributed by atoms with E-state index in [1.54, 1.807) is 37.6 Å². The fraction of sp³-hybridized carbons (Fsp3) is 0.125. The Hall–Kier alpha value is -2.62. The van der Waals surface area contributed by atoms with E-state index in [2.05, 4.69) is 10.5 Å². The van der Waals surface area contributed by atoms with E-state index in [4.69, 9.17) is 4.74 Å². The number of carbonyl (C=O) groups excluding carboxylic acids is 1. The van der Waals surface area contributed by atoms with Crippen LogP contribution in [0.5, 0.6) is 5.75 Å². The zero-order valence-corrected chi connectivity index (χ0v) is 11.5. The van der Waals surface area contributed by atoms with Gasteiger partial charge in [-0.15, -0.1) is 0 Å². The van der Waals surface area contributed by atoms with Crippen molar-refractivity contribution in [1.29, 1.82) is 0 Å². The first kappa shape index (κ1) is 13.8. The lowest BCUT2D eigenvalue weighted by molar-refractivity contribution is 0.0955. The minimum atomic E-state index is -0.253. The standard InChI is InChI=1S/C16H16N2O2/c1-12-4-3-5-13(10-12)11-17-18-16(19)14-6-8-15(20-2)9-7-14/h3-11H,1-2H3,(H,18,19)/b17-11+. The number of aryl methyl sites for hydroxylation is 1. The quantitative estimate of drug-likeness (QED) is 0.684. The van der Waals surface area contributed by atoms with Crippen molar-refractivity contribution >= 4 is 12.1 Å². The lowest BCUT2D eigenvalue weighted by atomic mass is 10.2. The topological polar surface area (TPSA) is 50.7 Å². The second kappa shape index (κ2) is 6.52. The Morgan fingerprint density at radius 2 is 1.95 bits per heavy atom. The van der Waals surface area contributed by atoms with Gasteiger partial charge in [0.2, 0.25) is 0 Å². The first-order chi connectivity index (χ1) is 9.69. The van der Waals surface area contributed by atoms with Gasteiger partial charge in [0.05, 0.1) is 13.3 Å². The van der Waals surface area contributed by atoms with Gasteiger partial charge < -0.3 is 4.74 Å². The fourth-order valence-corrected chi connectivity index (χ4v) is 1.72. The summed E-state index contributed by atoms with van der Waals surface area (Å²) in [4.78, 5) is 11.8. The highest BCUT2D eigenvalue weighted by Crippen LogP contribution is 2.11. The molecule has 1 N–H and O–H groups in total. The Kier molecular flexibility index (Phi) is 4.50. The van der Waals surface area contributed by atoms with Crippen LogP contribution in [0.4, 0.5) is 0 Å². The molecule has 0 radical (unpaired) electrons. The average Bonchev–Trinajstić information content (AvgIpc) is 2.47. The summed E-state index contributed by atoms with van der Waals surface area (Å²) in [6, 6.07) is 14.7. The summed E-state index contributed by atoms with van der Waals surface area (Å²) in [5.41, 5.74) is 5.12. The van der Waals surface area contributed by atoms with Crippen LogP contribution in [0.3, 0.4) is 0 Å². The van der Waals surface area contributed by atoms with E-state index in [1.165, 1.54) is 0 Å². The number of nitrogens with one attached hydrogen (secondary N) is 1. The first-order valence-electron chi connectivity index (χ1n) is 6.23. The highest BCUT2D eigenvalue weighted by Gasteiger charge is 2.03. The third-order valence-corrected chi connectivity index (χ3v) is 2.77. The minimum Gasteiger partial charge on any atom is -0.497 e. The number of nitrogens with zero attached hydrogens (tertiary/aromatic N) is 1. The molecule has 0 aliphatic heterocycles. The molecule has 0 aliphatic carbocycles. The minimum absolute atomic E-state index is 0.253. The summed E-state index contributed by atoms with van der Waals surface area (Å²) in [6.45, 7) is 2.01. The van der Waals surface area contributed by atoms with Crippen molar-refractivity contribution < 1.29 is 9.53 Å². The summed E-state index contributed by atoms with van der Waals surface area (Å²) in [7, 11) is 1.58. The predicted molar refractivity (Wildman–Crippen MR) is 79.2 cm³/mol. The van der Waals surface area contributed by atoms with E-state index >= 15 is 0 Å². The Balaban J connectivity index is 1.97. The number of hydrazone groups is 1. The number of benzene rings is 2. The van der Waals surface area contributed by atoms with Gasteiger partial charge >= 0.3 is 0 Å². The molecule has 4 nitrogen and oxygen atoms in total. The van der Waals surface area contributed by atoms with Crippen molar-refractivity contribution in [3.05, 3.63) is 65.2 Å². The van der Waals surface area contributed by atoms with Crippen LogP contribution >= 0.6 is 0 Å². The molecule has 0 unspecified atom stereocenters. The van der Waals surface area contributed by atoms with Gasteiger partial charge in [-0.1, -0.05) is 29.8 Å². The molecule has 0 aromatic heterocycles. The first-order valence-corrected chi connectivity index (χ1v) is 6.23. The molecule has 0 heterocycles.